The summed E-state index contributed by atoms with van der Waals surface area (Å²) >= 11 is 0. The van der Waals surface area contributed by atoms with Gasteiger partial charge in [0.05, 0.1) is 12.2 Å². The molecule has 1 rings (SSSR count). The maximum Gasteiger partial charge on any atom is 0.329 e. The maximum absolute atomic E-state index is 11.4. The van der Waals surface area contributed by atoms with Crippen molar-refractivity contribution >= 4 is 17.9 Å². The summed E-state index contributed by atoms with van der Waals surface area (Å²) in [6.07, 6.45) is 0. The lowest BCUT2D eigenvalue weighted by atomic mass is 10.3. The Kier molecular flexibility index (Phi) is 6.11. The van der Waals surface area contributed by atoms with E-state index in [-0.39, 0.29) is 6.54 Å². The molecule has 108 valence electrons. The van der Waals surface area contributed by atoms with Crippen LogP contribution in [-0.4, -0.2) is 41.2 Å². The highest BCUT2D eigenvalue weighted by Gasteiger charge is 2.08. The van der Waals surface area contributed by atoms with Crippen LogP contribution >= 0.6 is 0 Å². The Labute approximate surface area is 115 Å². The van der Waals surface area contributed by atoms with E-state index >= 15 is 0 Å². The molecular weight excluding hydrogens is 266 g/mol. The molecule has 0 aliphatic rings. The number of nitrogens with zero attached hydrogens (tertiary/aromatic N) is 1. The third-order valence-electron chi connectivity index (χ3n) is 2.09. The number of imide groups is 1. The zero-order valence-electron chi connectivity index (χ0n) is 10.9. The number of amides is 3. The van der Waals surface area contributed by atoms with Crippen molar-refractivity contribution in [2.75, 3.05) is 13.2 Å². The first kappa shape index (κ1) is 15.6. The topological polar surface area (TPSA) is 118 Å². The van der Waals surface area contributed by atoms with Crippen LogP contribution in [0.2, 0.25) is 0 Å². The largest absolute Gasteiger partial charge is 0.480 e. The molecule has 8 nitrogen and oxygen atoms in total. The number of aromatic nitrogens is 1. The van der Waals surface area contributed by atoms with Crippen LogP contribution in [0.15, 0.2) is 18.2 Å². The van der Waals surface area contributed by atoms with E-state index in [0.717, 1.165) is 5.69 Å². The molecule has 0 unspecified atom stereocenters. The predicted octanol–water partition coefficient (Wildman–Crippen LogP) is -0.183. The molecule has 0 bridgehead atoms. The summed E-state index contributed by atoms with van der Waals surface area (Å²) in [5.74, 6) is -1.91. The van der Waals surface area contributed by atoms with Crippen LogP contribution in [0.4, 0.5) is 4.79 Å². The Hall–Kier alpha value is -2.48. The molecule has 1 aromatic heterocycles. The Morgan fingerprint density at radius 2 is 2.05 bits per heavy atom. The number of pyridine rings is 1. The average molecular weight is 281 g/mol. The summed E-state index contributed by atoms with van der Waals surface area (Å²) in [5, 5.41) is 12.8. The van der Waals surface area contributed by atoms with Crippen LogP contribution in [0.5, 0.6) is 0 Å². The molecule has 0 aromatic carbocycles. The maximum atomic E-state index is 11.4. The van der Waals surface area contributed by atoms with Gasteiger partial charge in [0.15, 0.2) is 0 Å². The van der Waals surface area contributed by atoms with E-state index in [1.54, 1.807) is 6.07 Å². The second-order valence-corrected chi connectivity index (χ2v) is 3.89. The molecule has 0 saturated carbocycles. The lowest BCUT2D eigenvalue weighted by Crippen LogP contribution is -2.41. The van der Waals surface area contributed by atoms with Crippen LogP contribution < -0.4 is 10.6 Å². The quantitative estimate of drug-likeness (QED) is 0.665. The number of aliphatic carboxylic acids is 1. The number of carbonyl (C=O) groups excluding carboxylic acids is 2. The molecular formula is C12H15N3O5. The lowest BCUT2D eigenvalue weighted by Gasteiger charge is -2.06. The third kappa shape index (κ3) is 6.45. The highest BCUT2D eigenvalue weighted by atomic mass is 16.5. The normalized spacial score (nSPS) is 9.85. The Balaban J connectivity index is 2.26. The van der Waals surface area contributed by atoms with Crippen LogP contribution in [0.1, 0.15) is 11.4 Å². The molecule has 3 amide bonds. The van der Waals surface area contributed by atoms with Crippen LogP contribution in [0.25, 0.3) is 0 Å². The summed E-state index contributed by atoms with van der Waals surface area (Å²) in [5.41, 5.74) is 1.48. The van der Waals surface area contributed by atoms with Gasteiger partial charge in [0.2, 0.25) is 0 Å². The molecule has 0 radical (unpaired) electrons. The first-order valence-corrected chi connectivity index (χ1v) is 5.77. The number of rotatable bonds is 6. The Morgan fingerprint density at radius 1 is 1.30 bits per heavy atom. The van der Waals surface area contributed by atoms with E-state index in [4.69, 9.17) is 5.11 Å². The molecule has 0 fully saturated rings. The minimum Gasteiger partial charge on any atom is -0.480 e. The number of nitrogens with one attached hydrogen (secondary N) is 2. The molecule has 0 spiro atoms. The molecule has 3 N–H and O–H groups in total. The van der Waals surface area contributed by atoms with Crippen molar-refractivity contribution in [3.05, 3.63) is 29.6 Å². The number of carbonyl (C=O) groups is 3. The van der Waals surface area contributed by atoms with Gasteiger partial charge in [-0.05, 0) is 19.1 Å². The predicted molar refractivity (Wildman–Crippen MR) is 67.8 cm³/mol. The fourth-order valence-electron chi connectivity index (χ4n) is 1.31. The minimum absolute atomic E-state index is 0.177. The highest BCUT2D eigenvalue weighted by Crippen LogP contribution is 1.97. The van der Waals surface area contributed by atoms with Gasteiger partial charge in [-0.2, -0.15) is 0 Å². The van der Waals surface area contributed by atoms with Crippen molar-refractivity contribution < 1.29 is 24.2 Å². The molecule has 0 aliphatic heterocycles. The number of ether oxygens (including phenoxy) is 1. The highest BCUT2D eigenvalue weighted by molar-refractivity contribution is 5.94. The lowest BCUT2D eigenvalue weighted by molar-refractivity contribution is -0.143. The van der Waals surface area contributed by atoms with E-state index < -0.39 is 31.1 Å². The number of carboxylic acid groups (broad SMARTS) is 1. The number of hydrogen-bond donors (Lipinski definition) is 3. The van der Waals surface area contributed by atoms with Crippen molar-refractivity contribution in [2.45, 2.75) is 13.5 Å². The summed E-state index contributed by atoms with van der Waals surface area (Å²) < 4.78 is 4.53. The van der Waals surface area contributed by atoms with Gasteiger partial charge in [-0.3, -0.25) is 15.1 Å². The summed E-state index contributed by atoms with van der Waals surface area (Å²) in [6, 6.07) is 4.68. The number of urea groups is 1. The Bertz CT molecular complexity index is 504. The summed E-state index contributed by atoms with van der Waals surface area (Å²) in [6.45, 7) is 0.911. The van der Waals surface area contributed by atoms with E-state index in [2.05, 4.69) is 15.0 Å². The third-order valence-corrected chi connectivity index (χ3v) is 2.09. The fraction of sp³-hybridized carbons (Fsp3) is 0.333. The average Bonchev–Trinajstić information content (AvgIpc) is 2.36. The van der Waals surface area contributed by atoms with Crippen molar-refractivity contribution in [3.8, 4) is 0 Å². The van der Waals surface area contributed by atoms with Crippen molar-refractivity contribution in [3.63, 3.8) is 0 Å². The van der Waals surface area contributed by atoms with Gasteiger partial charge in [-0.25, -0.2) is 9.59 Å². The van der Waals surface area contributed by atoms with Gasteiger partial charge < -0.3 is 15.2 Å². The molecule has 8 heteroatoms. The van der Waals surface area contributed by atoms with Crippen molar-refractivity contribution in [1.82, 2.24) is 15.6 Å². The monoisotopic (exact) mass is 281 g/mol. The van der Waals surface area contributed by atoms with Gasteiger partial charge in [-0.15, -0.1) is 0 Å². The molecule has 0 aliphatic carbocycles. The van der Waals surface area contributed by atoms with E-state index in [1.807, 2.05) is 24.4 Å². The number of hydrogen-bond acceptors (Lipinski definition) is 5. The first-order valence-electron chi connectivity index (χ1n) is 5.77. The number of aryl methyl sites for hydroxylation is 1. The molecule has 1 aromatic rings. The molecule has 0 atom stereocenters. The minimum atomic E-state index is -1.19. The van der Waals surface area contributed by atoms with Gasteiger partial charge in [-0.1, -0.05) is 6.07 Å². The SMILES string of the molecule is Cc1cccc(CNC(=O)NC(=O)COCC(=O)O)n1. The zero-order chi connectivity index (χ0) is 15.0. The fourth-order valence-corrected chi connectivity index (χ4v) is 1.31. The summed E-state index contributed by atoms with van der Waals surface area (Å²) in [7, 11) is 0. The molecule has 1 heterocycles. The van der Waals surface area contributed by atoms with Crippen LogP contribution in [0.3, 0.4) is 0 Å². The van der Waals surface area contributed by atoms with E-state index in [9.17, 15) is 14.4 Å². The van der Waals surface area contributed by atoms with E-state index in [1.165, 1.54) is 0 Å². The van der Waals surface area contributed by atoms with Gasteiger partial charge in [0.1, 0.15) is 13.2 Å². The summed E-state index contributed by atoms with van der Waals surface area (Å²) in [4.78, 5) is 36.9. The standard InChI is InChI=1S/C12H15N3O5/c1-8-3-2-4-9(14-8)5-13-12(19)15-10(16)6-20-7-11(17)18/h2-4H,5-7H2,1H3,(H,17,18)(H2,13,15,16,19). The van der Waals surface area contributed by atoms with Gasteiger partial charge in [0, 0.05) is 5.69 Å². The van der Waals surface area contributed by atoms with Gasteiger partial charge in [0.25, 0.3) is 5.91 Å². The second kappa shape index (κ2) is 7.85. The van der Waals surface area contributed by atoms with Crippen LogP contribution in [0, 0.1) is 6.92 Å². The van der Waals surface area contributed by atoms with Crippen molar-refractivity contribution in [1.29, 1.82) is 0 Å². The molecule has 20 heavy (non-hydrogen) atoms. The zero-order valence-corrected chi connectivity index (χ0v) is 10.9. The van der Waals surface area contributed by atoms with Crippen molar-refractivity contribution in [2.24, 2.45) is 0 Å². The molecule has 0 saturated heterocycles. The van der Waals surface area contributed by atoms with E-state index in [0.29, 0.717) is 5.69 Å². The van der Waals surface area contributed by atoms with Gasteiger partial charge >= 0.3 is 12.0 Å². The number of carboxylic acids is 1. The Morgan fingerprint density at radius 3 is 2.70 bits per heavy atom. The van der Waals surface area contributed by atoms with Crippen LogP contribution in [-0.2, 0) is 20.9 Å². The second-order valence-electron chi connectivity index (χ2n) is 3.89. The first-order chi connectivity index (χ1) is 9.47. The smallest absolute Gasteiger partial charge is 0.329 e.